The molecule has 1 fully saturated rings. The summed E-state index contributed by atoms with van der Waals surface area (Å²) in [5.74, 6) is -5.63. The fraction of sp³-hybridized carbons (Fsp3) is 0.423. The number of carbonyl (C=O) groups excluding carboxylic acids is 4. The molecule has 2 amide bonds. The van der Waals surface area contributed by atoms with Crippen LogP contribution >= 0.6 is 0 Å². The van der Waals surface area contributed by atoms with Gasteiger partial charge in [-0.05, 0) is 17.9 Å². The van der Waals surface area contributed by atoms with E-state index in [0.717, 1.165) is 12.7 Å². The van der Waals surface area contributed by atoms with Crippen molar-refractivity contribution in [3.8, 4) is 0 Å². The highest BCUT2D eigenvalue weighted by molar-refractivity contribution is 6.50. The van der Waals surface area contributed by atoms with E-state index in [1.54, 1.807) is 24.3 Å². The molecule has 1 unspecified atom stereocenters. The third-order valence-corrected chi connectivity index (χ3v) is 6.10. The van der Waals surface area contributed by atoms with E-state index >= 15 is 0 Å². The van der Waals surface area contributed by atoms with Gasteiger partial charge in [0.2, 0.25) is 5.91 Å². The molecule has 3 atom stereocenters. The number of rotatable bonds is 12. The number of carboxylic acids is 1. The predicted molar refractivity (Wildman–Crippen MR) is 139 cm³/mol. The van der Waals surface area contributed by atoms with Crippen LogP contribution in [0, 0.1) is 5.92 Å². The average Bonchev–Trinajstić information content (AvgIpc) is 2.91. The van der Waals surface area contributed by atoms with E-state index in [1.165, 1.54) is 18.6 Å². The van der Waals surface area contributed by atoms with E-state index in [0.29, 0.717) is 0 Å². The first-order valence-corrected chi connectivity index (χ1v) is 12.6. The molecule has 3 rings (SSSR count). The minimum atomic E-state index is -2.13. The van der Waals surface area contributed by atoms with Crippen LogP contribution in [0.3, 0.4) is 0 Å². The topological polar surface area (TPSA) is 183 Å². The maximum absolute atomic E-state index is 13.6. The Morgan fingerprint density at radius 2 is 1.88 bits per heavy atom. The Kier molecular flexibility index (Phi) is 10.3. The fourth-order valence-electron chi connectivity index (χ4n) is 4.32. The quantitative estimate of drug-likeness (QED) is 0.248. The zero-order valence-corrected chi connectivity index (χ0v) is 22.4. The molecule has 1 saturated heterocycles. The number of carboxylic acid groups (broad SMARTS) is 1. The molecule has 0 bridgehead atoms. The van der Waals surface area contributed by atoms with Crippen LogP contribution in [0.1, 0.15) is 49.2 Å². The van der Waals surface area contributed by atoms with Crippen molar-refractivity contribution in [2.24, 2.45) is 5.92 Å². The maximum atomic E-state index is 13.6. The molecule has 3 N–H and O–H groups in total. The number of esters is 1. The molecule has 13 nitrogen and oxygen atoms in total. The largest absolute Gasteiger partial charge is 0.552 e. The van der Waals surface area contributed by atoms with E-state index in [4.69, 9.17) is 14.0 Å². The lowest BCUT2D eigenvalue weighted by molar-refractivity contribution is -0.177. The van der Waals surface area contributed by atoms with Crippen LogP contribution in [0.5, 0.6) is 0 Å². The third-order valence-electron chi connectivity index (χ3n) is 6.10. The van der Waals surface area contributed by atoms with Gasteiger partial charge < -0.3 is 29.8 Å². The SMILES string of the molecule is COC(=O)[C@]1(CC(=O)O)CC(=O)OB([C@H](CC(C)C)NC(=O)C(Cc2ccccc2)NC(=O)c2cnccn2)O1. The van der Waals surface area contributed by atoms with Crippen molar-refractivity contribution in [3.63, 3.8) is 0 Å². The Bertz CT molecular complexity index is 1210. The van der Waals surface area contributed by atoms with Gasteiger partial charge in [-0.3, -0.25) is 24.2 Å². The molecule has 14 heteroatoms. The number of nitrogens with zero attached hydrogens (tertiary/aromatic N) is 2. The minimum Gasteiger partial charge on any atom is -0.508 e. The van der Waals surface area contributed by atoms with Gasteiger partial charge in [0.15, 0.2) is 5.60 Å². The summed E-state index contributed by atoms with van der Waals surface area (Å²) in [4.78, 5) is 71.0. The summed E-state index contributed by atoms with van der Waals surface area (Å²) in [6, 6.07) is 7.90. The molecule has 0 saturated carbocycles. The Balaban J connectivity index is 1.89. The zero-order chi connectivity index (χ0) is 29.3. The molecule has 2 aromatic rings. The first-order valence-electron chi connectivity index (χ1n) is 12.6. The number of nitrogens with one attached hydrogen (secondary N) is 2. The predicted octanol–water partition coefficient (Wildman–Crippen LogP) is 0.726. The van der Waals surface area contributed by atoms with E-state index in [9.17, 15) is 29.1 Å². The summed E-state index contributed by atoms with van der Waals surface area (Å²) in [6.45, 7) is 3.71. The van der Waals surface area contributed by atoms with Crippen LogP contribution in [-0.2, 0) is 39.6 Å². The van der Waals surface area contributed by atoms with E-state index in [-0.39, 0.29) is 24.5 Å². The fourth-order valence-corrected chi connectivity index (χ4v) is 4.32. The summed E-state index contributed by atoms with van der Waals surface area (Å²) in [5, 5.41) is 14.8. The number of aliphatic carboxylic acids is 1. The van der Waals surface area contributed by atoms with Crippen molar-refractivity contribution in [2.45, 2.75) is 57.1 Å². The lowest BCUT2D eigenvalue weighted by Crippen LogP contribution is -2.63. The highest BCUT2D eigenvalue weighted by atomic mass is 16.7. The molecule has 212 valence electrons. The number of carbonyl (C=O) groups is 5. The van der Waals surface area contributed by atoms with Crippen molar-refractivity contribution in [3.05, 3.63) is 60.2 Å². The molecule has 2 heterocycles. The summed E-state index contributed by atoms with van der Waals surface area (Å²) >= 11 is 0. The number of methoxy groups -OCH3 is 1. The van der Waals surface area contributed by atoms with Gasteiger partial charge in [0, 0.05) is 18.8 Å². The van der Waals surface area contributed by atoms with Crippen LogP contribution in [0.4, 0.5) is 0 Å². The summed E-state index contributed by atoms with van der Waals surface area (Å²) < 4.78 is 15.9. The first kappa shape index (κ1) is 30.2. The molecule has 1 aliphatic heterocycles. The first-order chi connectivity index (χ1) is 19.0. The second-order valence-corrected chi connectivity index (χ2v) is 9.76. The van der Waals surface area contributed by atoms with Crippen LogP contribution in [0.2, 0.25) is 0 Å². The number of hydrogen-bond acceptors (Lipinski definition) is 10. The molecule has 1 aromatic heterocycles. The Labute approximate surface area is 231 Å². The highest BCUT2D eigenvalue weighted by Crippen LogP contribution is 2.31. The van der Waals surface area contributed by atoms with Gasteiger partial charge in [0.1, 0.15) is 11.7 Å². The van der Waals surface area contributed by atoms with Crippen molar-refractivity contribution in [2.75, 3.05) is 7.11 Å². The summed E-state index contributed by atoms with van der Waals surface area (Å²) in [7, 11) is -0.454. The molecule has 40 heavy (non-hydrogen) atoms. The van der Waals surface area contributed by atoms with Crippen LogP contribution < -0.4 is 10.6 Å². The van der Waals surface area contributed by atoms with Gasteiger partial charge in [-0.1, -0.05) is 44.2 Å². The molecular weight excluding hydrogens is 523 g/mol. The lowest BCUT2D eigenvalue weighted by atomic mass is 9.70. The maximum Gasteiger partial charge on any atom is 0.552 e. The third kappa shape index (κ3) is 8.09. The second kappa shape index (κ2) is 13.6. The van der Waals surface area contributed by atoms with Crippen molar-refractivity contribution in [1.82, 2.24) is 20.6 Å². The number of amides is 2. The van der Waals surface area contributed by atoms with Gasteiger partial charge in [0.05, 0.1) is 32.1 Å². The summed E-state index contributed by atoms with van der Waals surface area (Å²) in [6.07, 6.45) is 2.84. The van der Waals surface area contributed by atoms with Crippen LogP contribution in [-0.4, -0.2) is 76.6 Å². The normalized spacial score (nSPS) is 18.3. The highest BCUT2D eigenvalue weighted by Gasteiger charge is 2.55. The smallest absolute Gasteiger partial charge is 0.508 e. The van der Waals surface area contributed by atoms with Crippen molar-refractivity contribution < 1.29 is 43.1 Å². The zero-order valence-electron chi connectivity index (χ0n) is 22.4. The Hall–Kier alpha value is -4.33. The molecule has 0 radical (unpaired) electrons. The molecule has 1 aliphatic rings. The molecule has 0 aliphatic carbocycles. The Morgan fingerprint density at radius 3 is 2.48 bits per heavy atom. The minimum absolute atomic E-state index is 0.00756. The molecular formula is C26H31BN4O9. The van der Waals surface area contributed by atoms with Crippen molar-refractivity contribution >= 4 is 36.8 Å². The van der Waals surface area contributed by atoms with Gasteiger partial charge in [0.25, 0.3) is 11.9 Å². The summed E-state index contributed by atoms with van der Waals surface area (Å²) in [5.41, 5.74) is -1.37. The van der Waals surface area contributed by atoms with E-state index in [1.807, 2.05) is 19.9 Å². The number of benzene rings is 1. The van der Waals surface area contributed by atoms with Gasteiger partial charge in [-0.15, -0.1) is 0 Å². The number of hydrogen-bond donors (Lipinski definition) is 3. The lowest BCUT2D eigenvalue weighted by Gasteiger charge is -2.38. The van der Waals surface area contributed by atoms with Crippen LogP contribution in [0.25, 0.3) is 0 Å². The second-order valence-electron chi connectivity index (χ2n) is 9.76. The van der Waals surface area contributed by atoms with Crippen LogP contribution in [0.15, 0.2) is 48.9 Å². The Morgan fingerprint density at radius 1 is 1.15 bits per heavy atom. The van der Waals surface area contributed by atoms with Gasteiger partial charge >= 0.3 is 19.1 Å². The monoisotopic (exact) mass is 554 g/mol. The molecule has 1 aromatic carbocycles. The van der Waals surface area contributed by atoms with Gasteiger partial charge in [-0.2, -0.15) is 0 Å². The van der Waals surface area contributed by atoms with E-state index < -0.39 is 67.3 Å². The standard InChI is InChI=1S/C26H31BN4O9/c1-16(2)11-20(27-39-22(34)14-26(40-27,13-21(32)33)25(37)38-3)31-23(35)18(12-17-7-5-4-6-8-17)30-24(36)19-15-28-9-10-29-19/h4-10,15-16,18,20H,11-14H2,1-3H3,(H,30,36)(H,31,35)(H,32,33)/t18?,20-,26-/m0/s1. The molecule has 0 spiro atoms. The van der Waals surface area contributed by atoms with E-state index in [2.05, 4.69) is 20.6 Å². The van der Waals surface area contributed by atoms with Crippen molar-refractivity contribution in [1.29, 1.82) is 0 Å². The number of aromatic nitrogens is 2. The number of ether oxygens (including phenoxy) is 1. The van der Waals surface area contributed by atoms with Gasteiger partial charge in [-0.25, -0.2) is 9.78 Å². The average molecular weight is 554 g/mol.